The van der Waals surface area contributed by atoms with Crippen molar-refractivity contribution in [3.8, 4) is 11.5 Å². The van der Waals surface area contributed by atoms with E-state index in [2.05, 4.69) is 4.74 Å². The van der Waals surface area contributed by atoms with Gasteiger partial charge in [0.15, 0.2) is 0 Å². The second kappa shape index (κ2) is 6.34. The van der Waals surface area contributed by atoms with Crippen molar-refractivity contribution in [1.29, 1.82) is 0 Å². The van der Waals surface area contributed by atoms with Gasteiger partial charge in [0.2, 0.25) is 0 Å². The molecule has 1 atom stereocenters. The van der Waals surface area contributed by atoms with E-state index in [0.717, 1.165) is 0 Å². The lowest BCUT2D eigenvalue weighted by atomic mass is 10.0. The molecule has 1 unspecified atom stereocenters. The van der Waals surface area contributed by atoms with Crippen molar-refractivity contribution in [3.63, 3.8) is 0 Å². The zero-order chi connectivity index (χ0) is 14.5. The lowest BCUT2D eigenvalue weighted by Gasteiger charge is -2.13. The molecule has 0 saturated carbocycles. The Hall–Kier alpha value is -2.14. The average Bonchev–Trinajstić information content (AvgIpc) is 2.47. The van der Waals surface area contributed by atoms with Crippen LogP contribution < -0.4 is 9.47 Å². The Morgan fingerprint density at radius 3 is 1.70 bits per heavy atom. The molecule has 3 nitrogen and oxygen atoms in total. The predicted octanol–water partition coefficient (Wildman–Crippen LogP) is 3.38. The number of halogens is 2. The molecular weight excluding hydrogens is 266 g/mol. The summed E-state index contributed by atoms with van der Waals surface area (Å²) in [5, 5.41) is 10.2. The molecular formula is C15H14F2O3. The van der Waals surface area contributed by atoms with Gasteiger partial charge in [0.1, 0.15) is 17.6 Å². The summed E-state index contributed by atoms with van der Waals surface area (Å²) in [5.74, 6) is 0.757. The van der Waals surface area contributed by atoms with E-state index in [1.807, 2.05) is 0 Å². The Labute approximate surface area is 115 Å². The van der Waals surface area contributed by atoms with Crippen LogP contribution in [-0.4, -0.2) is 18.8 Å². The van der Waals surface area contributed by atoms with Crippen LogP contribution in [0.1, 0.15) is 17.2 Å². The summed E-state index contributed by atoms with van der Waals surface area (Å²) in [7, 11) is 1.56. The minimum atomic E-state index is -2.85. The smallest absolute Gasteiger partial charge is 0.387 e. The van der Waals surface area contributed by atoms with Gasteiger partial charge in [-0.3, -0.25) is 0 Å². The summed E-state index contributed by atoms with van der Waals surface area (Å²) in [5.41, 5.74) is 1.28. The molecule has 0 radical (unpaired) electrons. The predicted molar refractivity (Wildman–Crippen MR) is 70.1 cm³/mol. The number of aliphatic hydroxyl groups is 1. The molecule has 20 heavy (non-hydrogen) atoms. The highest BCUT2D eigenvalue weighted by molar-refractivity contribution is 5.36. The third kappa shape index (κ3) is 3.45. The molecule has 0 spiro atoms. The van der Waals surface area contributed by atoms with Gasteiger partial charge in [-0.05, 0) is 35.4 Å². The van der Waals surface area contributed by atoms with E-state index in [0.29, 0.717) is 16.9 Å². The first kappa shape index (κ1) is 14.3. The lowest BCUT2D eigenvalue weighted by molar-refractivity contribution is -0.0498. The molecule has 1 N–H and O–H groups in total. The third-order valence-electron chi connectivity index (χ3n) is 2.85. The first-order valence-corrected chi connectivity index (χ1v) is 5.97. The molecule has 0 amide bonds. The van der Waals surface area contributed by atoms with Gasteiger partial charge in [-0.15, -0.1) is 0 Å². The molecule has 2 aromatic rings. The van der Waals surface area contributed by atoms with E-state index < -0.39 is 12.7 Å². The zero-order valence-corrected chi connectivity index (χ0v) is 10.8. The van der Waals surface area contributed by atoms with E-state index >= 15 is 0 Å². The highest BCUT2D eigenvalue weighted by Gasteiger charge is 2.11. The van der Waals surface area contributed by atoms with Gasteiger partial charge in [0, 0.05) is 0 Å². The lowest BCUT2D eigenvalue weighted by Crippen LogP contribution is -2.03. The van der Waals surface area contributed by atoms with Crippen molar-refractivity contribution in [2.75, 3.05) is 7.11 Å². The first-order chi connectivity index (χ1) is 9.60. The first-order valence-electron chi connectivity index (χ1n) is 5.97. The average molecular weight is 280 g/mol. The van der Waals surface area contributed by atoms with Crippen LogP contribution in [0.5, 0.6) is 11.5 Å². The van der Waals surface area contributed by atoms with Crippen molar-refractivity contribution in [1.82, 2.24) is 0 Å². The van der Waals surface area contributed by atoms with Crippen LogP contribution in [0, 0.1) is 0 Å². The molecule has 0 aliphatic heterocycles. The SMILES string of the molecule is COc1ccc(C(O)c2ccc(OC(F)F)cc2)cc1. The molecule has 0 saturated heterocycles. The molecule has 0 aromatic heterocycles. The molecule has 2 aromatic carbocycles. The maximum atomic E-state index is 12.0. The van der Waals surface area contributed by atoms with Crippen LogP contribution in [0.4, 0.5) is 8.78 Å². The number of benzene rings is 2. The maximum Gasteiger partial charge on any atom is 0.387 e. The van der Waals surface area contributed by atoms with Gasteiger partial charge in [0.05, 0.1) is 7.11 Å². The number of aliphatic hydroxyl groups excluding tert-OH is 1. The summed E-state index contributed by atoms with van der Waals surface area (Å²) < 4.78 is 33.4. The quantitative estimate of drug-likeness (QED) is 0.912. The van der Waals surface area contributed by atoms with Crippen LogP contribution in [0.3, 0.4) is 0 Å². The van der Waals surface area contributed by atoms with E-state index in [1.54, 1.807) is 43.5 Å². The Balaban J connectivity index is 2.13. The normalized spacial score (nSPS) is 12.2. The molecule has 5 heteroatoms. The highest BCUT2D eigenvalue weighted by atomic mass is 19.3. The Morgan fingerprint density at radius 2 is 1.30 bits per heavy atom. The number of hydrogen-bond donors (Lipinski definition) is 1. The van der Waals surface area contributed by atoms with Gasteiger partial charge in [-0.1, -0.05) is 24.3 Å². The summed E-state index contributed by atoms with van der Waals surface area (Å²) in [6.07, 6.45) is -0.832. The van der Waals surface area contributed by atoms with Crippen molar-refractivity contribution < 1.29 is 23.4 Å². The Kier molecular flexibility index (Phi) is 4.53. The van der Waals surface area contributed by atoms with Gasteiger partial charge < -0.3 is 14.6 Å². The molecule has 0 fully saturated rings. The molecule has 0 aliphatic rings. The third-order valence-corrected chi connectivity index (χ3v) is 2.85. The Bertz CT molecular complexity index is 538. The van der Waals surface area contributed by atoms with Gasteiger partial charge in [-0.25, -0.2) is 0 Å². The molecule has 0 heterocycles. The fraction of sp³-hybridized carbons (Fsp3) is 0.200. The minimum absolute atomic E-state index is 0.0608. The van der Waals surface area contributed by atoms with E-state index in [4.69, 9.17) is 4.74 Å². The van der Waals surface area contributed by atoms with Gasteiger partial charge in [0.25, 0.3) is 0 Å². The second-order valence-corrected chi connectivity index (χ2v) is 4.12. The number of alkyl halides is 2. The molecule has 0 bridgehead atoms. The topological polar surface area (TPSA) is 38.7 Å². The summed E-state index contributed by atoms with van der Waals surface area (Å²) >= 11 is 0. The van der Waals surface area contributed by atoms with Crippen molar-refractivity contribution in [3.05, 3.63) is 59.7 Å². The van der Waals surface area contributed by atoms with Gasteiger partial charge in [-0.2, -0.15) is 8.78 Å². The maximum absolute atomic E-state index is 12.0. The number of ether oxygens (including phenoxy) is 2. The van der Waals surface area contributed by atoms with Crippen LogP contribution >= 0.6 is 0 Å². The van der Waals surface area contributed by atoms with Crippen molar-refractivity contribution in [2.45, 2.75) is 12.7 Å². The van der Waals surface area contributed by atoms with Crippen LogP contribution in [0.15, 0.2) is 48.5 Å². The number of methoxy groups -OCH3 is 1. The van der Waals surface area contributed by atoms with Crippen LogP contribution in [0.25, 0.3) is 0 Å². The Morgan fingerprint density at radius 1 is 0.850 bits per heavy atom. The second-order valence-electron chi connectivity index (χ2n) is 4.12. The monoisotopic (exact) mass is 280 g/mol. The molecule has 2 rings (SSSR count). The fourth-order valence-corrected chi connectivity index (χ4v) is 1.81. The van der Waals surface area contributed by atoms with E-state index in [1.165, 1.54) is 12.1 Å². The van der Waals surface area contributed by atoms with E-state index in [9.17, 15) is 13.9 Å². The van der Waals surface area contributed by atoms with Crippen LogP contribution in [0.2, 0.25) is 0 Å². The minimum Gasteiger partial charge on any atom is -0.497 e. The summed E-state index contributed by atoms with van der Waals surface area (Å²) in [6.45, 7) is -2.85. The summed E-state index contributed by atoms with van der Waals surface area (Å²) in [6, 6.07) is 12.9. The van der Waals surface area contributed by atoms with Crippen LogP contribution in [-0.2, 0) is 0 Å². The standard InChI is InChI=1S/C15H14F2O3/c1-19-12-6-2-10(3-7-12)14(18)11-4-8-13(9-5-11)20-15(16)17/h2-9,14-15,18H,1H3. The van der Waals surface area contributed by atoms with E-state index in [-0.39, 0.29) is 5.75 Å². The zero-order valence-electron chi connectivity index (χ0n) is 10.8. The van der Waals surface area contributed by atoms with Crippen molar-refractivity contribution >= 4 is 0 Å². The molecule has 0 aliphatic carbocycles. The largest absolute Gasteiger partial charge is 0.497 e. The number of hydrogen-bond acceptors (Lipinski definition) is 3. The number of rotatable bonds is 5. The van der Waals surface area contributed by atoms with Gasteiger partial charge >= 0.3 is 6.61 Å². The summed E-state index contributed by atoms with van der Waals surface area (Å²) in [4.78, 5) is 0. The highest BCUT2D eigenvalue weighted by Crippen LogP contribution is 2.25. The fourth-order valence-electron chi connectivity index (χ4n) is 1.81. The van der Waals surface area contributed by atoms with Crippen molar-refractivity contribution in [2.24, 2.45) is 0 Å². The molecule has 106 valence electrons.